The van der Waals surface area contributed by atoms with Gasteiger partial charge in [-0.3, -0.25) is 9.59 Å². The van der Waals surface area contributed by atoms with Gasteiger partial charge in [0.05, 0.1) is 97.1 Å². The van der Waals surface area contributed by atoms with Gasteiger partial charge >= 0.3 is 5.97 Å². The molecular weight excluding hydrogens is 1560 g/mol. The first-order valence-corrected chi connectivity index (χ1v) is 42.1. The molecule has 5 heterocycles. The number of hydrogen-bond acceptors (Lipinski definition) is 23. The molecule has 0 saturated carbocycles. The largest absolute Gasteiger partial charge is 0.454 e. The van der Waals surface area contributed by atoms with E-state index in [9.17, 15) is 19.8 Å². The van der Waals surface area contributed by atoms with Crippen molar-refractivity contribution in [3.63, 3.8) is 0 Å². The van der Waals surface area contributed by atoms with Crippen molar-refractivity contribution in [2.75, 3.05) is 13.2 Å². The predicted octanol–water partition coefficient (Wildman–Crippen LogP) is 13.0. The van der Waals surface area contributed by atoms with Crippen molar-refractivity contribution < 1.29 is 110 Å². The van der Waals surface area contributed by atoms with E-state index in [1.165, 1.54) is 13.8 Å². The van der Waals surface area contributed by atoms with Gasteiger partial charge in [0.15, 0.2) is 31.3 Å². The molecule has 648 valence electrons. The molecule has 0 radical (unpaired) electrons. The summed E-state index contributed by atoms with van der Waals surface area (Å²) in [7, 11) is 0. The van der Waals surface area contributed by atoms with Crippen LogP contribution in [0.25, 0.3) is 0 Å². The van der Waals surface area contributed by atoms with Crippen LogP contribution in [-0.4, -0.2) is 189 Å². The molecule has 9 aromatic carbocycles. The molecule has 0 aromatic heterocycles. The summed E-state index contributed by atoms with van der Waals surface area (Å²) >= 11 is 0. The molecule has 10 unspecified atom stereocenters. The van der Waals surface area contributed by atoms with Crippen LogP contribution in [0.1, 0.15) is 91.6 Å². The van der Waals surface area contributed by atoms with Gasteiger partial charge in [0, 0.05) is 13.8 Å². The van der Waals surface area contributed by atoms with Crippen molar-refractivity contribution in [2.24, 2.45) is 0 Å². The normalized spacial score (nSPS) is 30.4. The van der Waals surface area contributed by atoms with E-state index >= 15 is 0 Å². The van der Waals surface area contributed by atoms with E-state index in [1.54, 1.807) is 6.92 Å². The Morgan fingerprint density at radius 3 is 0.951 bits per heavy atom. The number of carbonyl (C=O) groups is 2. The summed E-state index contributed by atoms with van der Waals surface area (Å²) < 4.78 is 136. The van der Waals surface area contributed by atoms with E-state index in [1.807, 2.05) is 294 Å². The number of aliphatic hydroxyl groups is 2. The Morgan fingerprint density at radius 1 is 0.295 bits per heavy atom. The summed E-state index contributed by atoms with van der Waals surface area (Å²) in [6.45, 7) is 10.1. The van der Waals surface area contributed by atoms with E-state index in [2.05, 4.69) is 5.32 Å². The zero-order chi connectivity index (χ0) is 84.5. The number of esters is 1. The van der Waals surface area contributed by atoms with Crippen LogP contribution in [0.2, 0.25) is 0 Å². The summed E-state index contributed by atoms with van der Waals surface area (Å²) in [5, 5.41) is 27.7. The van der Waals surface area contributed by atoms with E-state index in [0.29, 0.717) is 0 Å². The van der Waals surface area contributed by atoms with Crippen LogP contribution < -0.4 is 5.32 Å². The van der Waals surface area contributed by atoms with Gasteiger partial charge in [-0.25, -0.2) is 0 Å². The lowest BCUT2D eigenvalue weighted by Crippen LogP contribution is -2.71. The molecule has 122 heavy (non-hydrogen) atoms. The van der Waals surface area contributed by atoms with Gasteiger partial charge in [0.25, 0.3) is 0 Å². The first-order chi connectivity index (χ1) is 59.7. The molecule has 5 fully saturated rings. The highest BCUT2D eigenvalue weighted by molar-refractivity contribution is 5.73. The van der Waals surface area contributed by atoms with E-state index in [0.717, 1.165) is 50.1 Å². The van der Waals surface area contributed by atoms with Crippen LogP contribution >= 0.6 is 0 Å². The number of hydrogen-bond donors (Lipinski definition) is 3. The molecule has 5 saturated heterocycles. The fourth-order valence-electron chi connectivity index (χ4n) is 16.3. The number of amides is 1. The van der Waals surface area contributed by atoms with Crippen LogP contribution in [-0.2, 0) is 159 Å². The molecule has 0 aliphatic carbocycles. The first-order valence-electron chi connectivity index (χ1n) is 42.1. The molecule has 14 rings (SSSR count). The molecular formula is C98H113NO23. The third kappa shape index (κ3) is 24.4. The molecule has 3 N–H and O–H groups in total. The smallest absolute Gasteiger partial charge is 0.303 e. The highest BCUT2D eigenvalue weighted by Gasteiger charge is 2.60. The maximum absolute atomic E-state index is 14.4. The Labute approximate surface area is 714 Å². The van der Waals surface area contributed by atoms with Gasteiger partial charge in [-0.2, -0.15) is 0 Å². The minimum Gasteiger partial charge on any atom is -0.454 e. The van der Waals surface area contributed by atoms with Crippen molar-refractivity contribution in [3.05, 3.63) is 323 Å². The lowest BCUT2D eigenvalue weighted by Gasteiger charge is -2.53. The van der Waals surface area contributed by atoms with Gasteiger partial charge in [0.1, 0.15) is 97.6 Å². The van der Waals surface area contributed by atoms with Crippen molar-refractivity contribution in [3.8, 4) is 0 Å². The maximum atomic E-state index is 14.4. The third-order valence-corrected chi connectivity index (χ3v) is 22.4. The zero-order valence-corrected chi connectivity index (χ0v) is 69.7. The number of nitrogens with one attached hydrogen (secondary N) is 1. The summed E-state index contributed by atoms with van der Waals surface area (Å²) in [5.41, 5.74) is 7.74. The molecule has 1 amide bonds. The summed E-state index contributed by atoms with van der Waals surface area (Å²) in [5.74, 6) is -1.34. The fraction of sp³-hybridized carbons (Fsp3) is 0.429. The predicted molar refractivity (Wildman–Crippen MR) is 448 cm³/mol. The molecule has 0 bridgehead atoms. The Balaban J connectivity index is 0.905. The van der Waals surface area contributed by atoms with Crippen LogP contribution in [0.5, 0.6) is 0 Å². The van der Waals surface area contributed by atoms with Crippen LogP contribution in [0.4, 0.5) is 0 Å². The monoisotopic (exact) mass is 1670 g/mol. The number of ether oxygens (including phenoxy) is 19. The van der Waals surface area contributed by atoms with Gasteiger partial charge in [0.2, 0.25) is 5.91 Å². The molecule has 5 aliphatic rings. The van der Waals surface area contributed by atoms with Crippen molar-refractivity contribution in [1.29, 1.82) is 0 Å². The highest BCUT2D eigenvalue weighted by Crippen LogP contribution is 2.42. The average molecular weight is 1670 g/mol. The lowest BCUT2D eigenvalue weighted by atomic mass is 9.93. The molecule has 25 atom stereocenters. The van der Waals surface area contributed by atoms with Gasteiger partial charge in [-0.05, 0) is 77.8 Å². The summed E-state index contributed by atoms with van der Waals surface area (Å²) in [4.78, 5) is 28.1. The highest BCUT2D eigenvalue weighted by atomic mass is 16.8. The van der Waals surface area contributed by atoms with Crippen molar-refractivity contribution >= 4 is 11.9 Å². The molecule has 24 heteroatoms. The molecule has 24 nitrogen and oxygen atoms in total. The summed E-state index contributed by atoms with van der Waals surface area (Å²) in [6.07, 6.45) is -28.9. The lowest BCUT2D eigenvalue weighted by molar-refractivity contribution is -0.405. The second-order valence-electron chi connectivity index (χ2n) is 31.5. The average Bonchev–Trinajstić information content (AvgIpc) is 0.754. The van der Waals surface area contributed by atoms with E-state index in [-0.39, 0.29) is 66.1 Å². The van der Waals surface area contributed by atoms with Gasteiger partial charge in [-0.1, -0.05) is 273 Å². The van der Waals surface area contributed by atoms with E-state index < -0.39 is 172 Å². The minimum atomic E-state index is -1.78. The zero-order valence-electron chi connectivity index (χ0n) is 69.7. The maximum Gasteiger partial charge on any atom is 0.303 e. The quantitative estimate of drug-likeness (QED) is 0.0302. The SMILES string of the molecule is CC(=O)NC1[C@H](OC2[C@H](OC3[C@H](C)OC(C)[C@@H](OCc4ccccc4)[C@@H]3OCc3ccccc3)OC(C)[C@@H](OCc3ccccc3)[C@@H]2O[C@H]2O[C@@H](COCc3ccccc3)[C@H](OCc3ccccc3)C(OCc3ccccc3)C2OCc2ccccc2)OC(CO)[C@@H](O)[C@@H]1O[C@@H]1OC(C)[C@H](OCc2ccccc2)[C@@H](OCc2ccccc2)C1OC(C)=O. The van der Waals surface area contributed by atoms with Crippen LogP contribution in [0, 0.1) is 0 Å². The number of rotatable bonds is 39. The third-order valence-electron chi connectivity index (χ3n) is 22.4. The molecule has 0 spiro atoms. The number of carbonyl (C=O) groups excluding carboxylic acids is 2. The summed E-state index contributed by atoms with van der Waals surface area (Å²) in [6, 6.07) is 85.9. The topological polar surface area (TPSA) is 262 Å². The molecule has 5 aliphatic heterocycles. The van der Waals surface area contributed by atoms with Gasteiger partial charge < -0.3 is 106 Å². The number of benzene rings is 9. The molecule has 9 aromatic rings. The van der Waals surface area contributed by atoms with Crippen molar-refractivity contribution in [1.82, 2.24) is 5.32 Å². The van der Waals surface area contributed by atoms with Gasteiger partial charge in [-0.15, -0.1) is 0 Å². The second kappa shape index (κ2) is 45.1. The standard InChI is InChI=1S/C98H113NO23/c1-63-82(105-54-70-36-18-8-19-37-70)88(109-58-74-44-26-12-27-45-74)85(66(4)113-63)119-98-94(122-95-80(99-67(5)101)87(81(103)78(52-100)117-95)120-97-93(116-68(6)102)89(110-59-75-46-28-13-29-47-75)83(64(2)114-97)106-55-71-38-20-9-21-39-71)91(84(65(3)115-98)107-56-72-40-22-10-23-41-72)121-96-92(112-61-77-50-32-15-33-51-77)90(111-60-76-48-30-14-31-49-76)86(108-57-73-42-24-11-25-43-73)79(118-96)62-104-53-69-34-16-7-17-35-69/h7-51,63-66,78-98,100,103H,52-62H2,1-6H3,(H,99,101)/t63?,64?,65?,66-,78?,79-,80?,81+,82+,83-,84+,85?,86-,87+,88-,89+,90?,91-,92?,93?,94?,95-,96+,97-,98-/m0/s1. The fourth-order valence-corrected chi connectivity index (χ4v) is 16.3. The Bertz CT molecular complexity index is 4510. The van der Waals surface area contributed by atoms with Crippen molar-refractivity contribution in [2.45, 2.75) is 254 Å². The first kappa shape index (κ1) is 89.4. The van der Waals surface area contributed by atoms with Crippen LogP contribution in [0.15, 0.2) is 273 Å². The second-order valence-corrected chi connectivity index (χ2v) is 31.5. The number of aliphatic hydroxyl groups excluding tert-OH is 2. The minimum absolute atomic E-state index is 0.00676. The van der Waals surface area contributed by atoms with Crippen LogP contribution in [0.3, 0.4) is 0 Å². The van der Waals surface area contributed by atoms with E-state index in [4.69, 9.17) is 90.0 Å². The Kier molecular flexibility index (Phi) is 33.1. The Hall–Kier alpha value is -8.88. The Morgan fingerprint density at radius 2 is 0.574 bits per heavy atom.